The minimum atomic E-state index is -0.802. The number of aromatic nitrogens is 2. The van der Waals surface area contributed by atoms with Gasteiger partial charge in [0.1, 0.15) is 12.6 Å². The normalized spacial score (nSPS) is 15.4. The molecule has 39 heavy (non-hydrogen) atoms. The molecule has 0 amide bonds. The van der Waals surface area contributed by atoms with Crippen molar-refractivity contribution in [2.24, 2.45) is 4.99 Å². The average Bonchev–Trinajstić information content (AvgIpc) is 3.39. The summed E-state index contributed by atoms with van der Waals surface area (Å²) in [6, 6.07) is 14.0. The number of para-hydroxylation sites is 1. The zero-order valence-electron chi connectivity index (χ0n) is 21.8. The fourth-order valence-corrected chi connectivity index (χ4v) is 5.99. The number of thiazole rings is 1. The Morgan fingerprint density at radius 1 is 1.15 bits per heavy atom. The summed E-state index contributed by atoms with van der Waals surface area (Å²) in [5, 5.41) is 1.31. The average molecular weight is 564 g/mol. The third kappa shape index (κ3) is 4.95. The van der Waals surface area contributed by atoms with E-state index in [1.807, 2.05) is 36.5 Å². The van der Waals surface area contributed by atoms with Crippen molar-refractivity contribution in [2.75, 3.05) is 7.11 Å². The van der Waals surface area contributed by atoms with Gasteiger partial charge in [-0.2, -0.15) is 0 Å². The Bertz CT molecular complexity index is 1830. The van der Waals surface area contributed by atoms with Crippen molar-refractivity contribution in [1.82, 2.24) is 9.13 Å². The van der Waals surface area contributed by atoms with Gasteiger partial charge in [-0.25, -0.2) is 9.79 Å². The number of hydrogen-bond donors (Lipinski definition) is 0. The number of fused-ring (bicyclic) bond motifs is 2. The van der Waals surface area contributed by atoms with Crippen molar-refractivity contribution in [2.45, 2.75) is 39.5 Å². The summed E-state index contributed by atoms with van der Waals surface area (Å²) in [5.74, 6) is -0.922. The number of carbonyl (C=O) groups excluding carboxylic acids is 2. The van der Waals surface area contributed by atoms with E-state index in [1.165, 1.54) is 23.0 Å². The molecule has 0 fully saturated rings. The maximum absolute atomic E-state index is 14.0. The molecule has 0 N–H and O–H groups in total. The predicted octanol–water partition coefficient (Wildman–Crippen LogP) is 3.97. The Balaban J connectivity index is 1.72. The van der Waals surface area contributed by atoms with E-state index in [0.29, 0.717) is 25.6 Å². The third-order valence-corrected chi connectivity index (χ3v) is 7.74. The number of benzene rings is 2. The summed E-state index contributed by atoms with van der Waals surface area (Å²) in [7, 11) is 1.35. The highest BCUT2D eigenvalue weighted by atomic mass is 35.5. The third-order valence-electron chi connectivity index (χ3n) is 6.42. The van der Waals surface area contributed by atoms with Crippen LogP contribution >= 0.6 is 22.9 Å². The lowest BCUT2D eigenvalue weighted by Crippen LogP contribution is -2.40. The first-order valence-electron chi connectivity index (χ1n) is 12.3. The Labute approximate surface area is 233 Å². The van der Waals surface area contributed by atoms with Gasteiger partial charge in [0.15, 0.2) is 4.80 Å². The van der Waals surface area contributed by atoms with E-state index in [-0.39, 0.29) is 29.8 Å². The zero-order chi connectivity index (χ0) is 27.8. The van der Waals surface area contributed by atoms with E-state index in [4.69, 9.17) is 21.1 Å². The number of carbonyl (C=O) groups is 2. The minimum absolute atomic E-state index is 0.0408. The summed E-state index contributed by atoms with van der Waals surface area (Å²) in [6.07, 6.45) is 3.26. The number of nitrogens with zero attached hydrogens (tertiary/aromatic N) is 3. The molecule has 0 bridgehead atoms. The summed E-state index contributed by atoms with van der Waals surface area (Å²) in [4.78, 5) is 44.3. The largest absolute Gasteiger partial charge is 0.468 e. The van der Waals surface area contributed by atoms with Crippen LogP contribution in [0.2, 0.25) is 5.02 Å². The van der Waals surface area contributed by atoms with Gasteiger partial charge in [0.05, 0.1) is 29.0 Å². The number of rotatable bonds is 6. The van der Waals surface area contributed by atoms with Crippen LogP contribution in [0.5, 0.6) is 0 Å². The monoisotopic (exact) mass is 563 g/mol. The lowest BCUT2D eigenvalue weighted by atomic mass is 9.96. The van der Waals surface area contributed by atoms with E-state index in [9.17, 15) is 14.4 Å². The zero-order valence-corrected chi connectivity index (χ0v) is 23.4. The summed E-state index contributed by atoms with van der Waals surface area (Å²) in [6.45, 7) is 5.31. The molecule has 2 aromatic carbocycles. The highest BCUT2D eigenvalue weighted by molar-refractivity contribution is 7.07. The second-order valence-corrected chi connectivity index (χ2v) is 10.8. The molecular formula is C29H26ClN3O5S. The summed E-state index contributed by atoms with van der Waals surface area (Å²) in [5.41, 5.74) is 2.63. The van der Waals surface area contributed by atoms with Crippen LogP contribution in [0.25, 0.3) is 17.0 Å². The van der Waals surface area contributed by atoms with Gasteiger partial charge in [-0.05, 0) is 44.5 Å². The molecule has 3 heterocycles. The molecule has 0 saturated carbocycles. The van der Waals surface area contributed by atoms with Crippen LogP contribution in [0, 0.1) is 0 Å². The van der Waals surface area contributed by atoms with Crippen LogP contribution in [-0.2, 0) is 25.6 Å². The van der Waals surface area contributed by atoms with Gasteiger partial charge < -0.3 is 14.0 Å². The van der Waals surface area contributed by atoms with E-state index in [1.54, 1.807) is 49.6 Å². The molecular weight excluding hydrogens is 538 g/mol. The van der Waals surface area contributed by atoms with Crippen molar-refractivity contribution in [1.29, 1.82) is 0 Å². The number of methoxy groups -OCH3 is 1. The quantitative estimate of drug-likeness (QED) is 0.331. The smallest absolute Gasteiger partial charge is 0.338 e. The Kier molecular flexibility index (Phi) is 7.29. The molecule has 200 valence electrons. The maximum atomic E-state index is 14.0. The number of allylic oxidation sites excluding steroid dienone is 1. The van der Waals surface area contributed by atoms with Gasteiger partial charge in [0.2, 0.25) is 0 Å². The Morgan fingerprint density at radius 2 is 1.87 bits per heavy atom. The first-order chi connectivity index (χ1) is 18.7. The van der Waals surface area contributed by atoms with E-state index in [2.05, 4.69) is 4.99 Å². The maximum Gasteiger partial charge on any atom is 0.338 e. The van der Waals surface area contributed by atoms with Gasteiger partial charge >= 0.3 is 11.9 Å². The molecule has 1 aliphatic heterocycles. The van der Waals surface area contributed by atoms with E-state index >= 15 is 0 Å². The highest BCUT2D eigenvalue weighted by Gasteiger charge is 2.34. The molecule has 0 radical (unpaired) electrons. The molecule has 1 atom stereocenters. The minimum Gasteiger partial charge on any atom is -0.468 e. The lowest BCUT2D eigenvalue weighted by Gasteiger charge is -2.26. The van der Waals surface area contributed by atoms with Crippen LogP contribution in [0.4, 0.5) is 0 Å². The molecule has 0 aliphatic carbocycles. The Morgan fingerprint density at radius 3 is 2.59 bits per heavy atom. The van der Waals surface area contributed by atoms with Gasteiger partial charge in [-0.15, -0.1) is 0 Å². The highest BCUT2D eigenvalue weighted by Crippen LogP contribution is 2.34. The van der Waals surface area contributed by atoms with Crippen molar-refractivity contribution in [3.8, 4) is 0 Å². The fraction of sp³-hybridized carbons (Fsp3) is 0.241. The van der Waals surface area contributed by atoms with Crippen LogP contribution in [0.15, 0.2) is 75.8 Å². The number of hydrogen-bond acceptors (Lipinski definition) is 7. The molecule has 1 unspecified atom stereocenters. The standard InChI is InChI=1S/C29H26ClN3O5S/c1-16(2)38-28(36)25-17(3)31-29-33(26(25)20-10-5-7-11-21(20)30)27(35)23(39-29)13-18-14-32(15-24(34)37-4)22-12-8-6-9-19(18)22/h5-14,16,26H,15H2,1-4H3. The summed E-state index contributed by atoms with van der Waals surface area (Å²) >= 11 is 7.82. The summed E-state index contributed by atoms with van der Waals surface area (Å²) < 4.78 is 14.1. The van der Waals surface area contributed by atoms with Crippen LogP contribution in [-0.4, -0.2) is 34.3 Å². The Hall–Kier alpha value is -3.95. The number of ether oxygens (including phenoxy) is 2. The van der Waals surface area contributed by atoms with Gasteiger partial charge in [-0.1, -0.05) is 59.3 Å². The van der Waals surface area contributed by atoms with Gasteiger partial charge in [-0.3, -0.25) is 14.2 Å². The van der Waals surface area contributed by atoms with Crippen LogP contribution < -0.4 is 14.9 Å². The fourth-order valence-electron chi connectivity index (χ4n) is 4.72. The van der Waals surface area contributed by atoms with Crippen LogP contribution in [0.3, 0.4) is 0 Å². The first kappa shape index (κ1) is 26.6. The second kappa shape index (κ2) is 10.7. The molecule has 0 saturated heterocycles. The van der Waals surface area contributed by atoms with Crippen molar-refractivity contribution in [3.63, 3.8) is 0 Å². The lowest BCUT2D eigenvalue weighted by molar-refractivity contribution is -0.143. The molecule has 5 rings (SSSR count). The molecule has 1 aliphatic rings. The topological polar surface area (TPSA) is 91.9 Å². The van der Waals surface area contributed by atoms with E-state index in [0.717, 1.165) is 16.5 Å². The predicted molar refractivity (Wildman–Crippen MR) is 150 cm³/mol. The SMILES string of the molecule is COC(=O)Cn1cc(C=c2sc3n(c2=O)C(c2ccccc2Cl)C(C(=O)OC(C)C)=C(C)N=3)c2ccccc21. The molecule has 2 aromatic heterocycles. The van der Waals surface area contributed by atoms with Gasteiger partial charge in [0, 0.05) is 27.7 Å². The van der Waals surface area contributed by atoms with E-state index < -0.39 is 12.0 Å². The van der Waals surface area contributed by atoms with Crippen LogP contribution in [0.1, 0.15) is 37.9 Å². The van der Waals surface area contributed by atoms with Gasteiger partial charge in [0.25, 0.3) is 5.56 Å². The number of esters is 2. The van der Waals surface area contributed by atoms with Crippen molar-refractivity contribution >= 4 is 51.9 Å². The first-order valence-corrected chi connectivity index (χ1v) is 13.5. The van der Waals surface area contributed by atoms with Crippen molar-refractivity contribution in [3.05, 3.63) is 102 Å². The molecule has 0 spiro atoms. The molecule has 8 nitrogen and oxygen atoms in total. The number of halogens is 1. The molecule has 10 heteroatoms. The van der Waals surface area contributed by atoms with Crippen molar-refractivity contribution < 1.29 is 19.1 Å². The second-order valence-electron chi connectivity index (χ2n) is 9.36. The molecule has 4 aromatic rings.